The number of aliphatic hydroxyl groups is 1. The van der Waals surface area contributed by atoms with Crippen molar-refractivity contribution < 1.29 is 14.7 Å². The molecule has 0 spiro atoms. The fraction of sp³-hybridized carbons (Fsp3) is 0.412. The second-order valence-corrected chi connectivity index (χ2v) is 6.25. The SMILES string of the molecule is C[C@@H](C(=O)c1ccccc1)C1=C(O)CC(C)(C)CC1=O. The first-order valence-electron chi connectivity index (χ1n) is 6.86. The van der Waals surface area contributed by atoms with Crippen LogP contribution in [-0.4, -0.2) is 16.7 Å². The first kappa shape index (κ1) is 14.5. The molecular weight excluding hydrogens is 252 g/mol. The Balaban J connectivity index is 2.31. The number of carbonyl (C=O) groups excluding carboxylic acids is 2. The molecule has 1 aliphatic carbocycles. The van der Waals surface area contributed by atoms with Crippen LogP contribution in [0.2, 0.25) is 0 Å². The van der Waals surface area contributed by atoms with E-state index in [1.54, 1.807) is 31.2 Å². The van der Waals surface area contributed by atoms with Gasteiger partial charge in [-0.05, 0) is 5.41 Å². The van der Waals surface area contributed by atoms with Gasteiger partial charge in [-0.15, -0.1) is 0 Å². The summed E-state index contributed by atoms with van der Waals surface area (Å²) in [7, 11) is 0. The second-order valence-electron chi connectivity index (χ2n) is 6.25. The van der Waals surface area contributed by atoms with E-state index in [1.807, 2.05) is 19.9 Å². The van der Waals surface area contributed by atoms with Gasteiger partial charge in [-0.2, -0.15) is 0 Å². The van der Waals surface area contributed by atoms with Crippen molar-refractivity contribution in [1.29, 1.82) is 0 Å². The molecule has 0 radical (unpaired) electrons. The lowest BCUT2D eigenvalue weighted by Gasteiger charge is -2.31. The maximum absolute atomic E-state index is 12.4. The number of allylic oxidation sites excluding steroid dienone is 2. The van der Waals surface area contributed by atoms with Crippen LogP contribution in [0.1, 0.15) is 44.0 Å². The van der Waals surface area contributed by atoms with Crippen LogP contribution in [0.15, 0.2) is 41.7 Å². The Morgan fingerprint density at radius 3 is 2.35 bits per heavy atom. The van der Waals surface area contributed by atoms with Crippen LogP contribution in [0.5, 0.6) is 0 Å². The summed E-state index contributed by atoms with van der Waals surface area (Å²) in [5, 5.41) is 10.1. The highest BCUT2D eigenvalue weighted by Crippen LogP contribution is 2.38. The van der Waals surface area contributed by atoms with Crippen LogP contribution in [-0.2, 0) is 4.79 Å². The lowest BCUT2D eigenvalue weighted by atomic mass is 9.73. The number of benzene rings is 1. The van der Waals surface area contributed by atoms with E-state index in [4.69, 9.17) is 0 Å². The van der Waals surface area contributed by atoms with E-state index in [-0.39, 0.29) is 28.3 Å². The van der Waals surface area contributed by atoms with Gasteiger partial charge in [-0.1, -0.05) is 51.1 Å². The fourth-order valence-corrected chi connectivity index (χ4v) is 2.78. The monoisotopic (exact) mass is 272 g/mol. The molecule has 1 aromatic carbocycles. The lowest BCUT2D eigenvalue weighted by Crippen LogP contribution is -2.30. The molecule has 106 valence electrons. The molecule has 1 N–H and O–H groups in total. The number of aliphatic hydroxyl groups excluding tert-OH is 1. The summed E-state index contributed by atoms with van der Waals surface area (Å²) in [5.74, 6) is -0.764. The Morgan fingerprint density at radius 1 is 1.20 bits per heavy atom. The van der Waals surface area contributed by atoms with Gasteiger partial charge in [-0.3, -0.25) is 9.59 Å². The Kier molecular flexibility index (Phi) is 3.80. The Labute approximate surface area is 119 Å². The molecule has 0 saturated carbocycles. The minimum atomic E-state index is -0.596. The molecule has 0 bridgehead atoms. The van der Waals surface area contributed by atoms with Gasteiger partial charge < -0.3 is 5.11 Å². The third-order valence-corrected chi connectivity index (χ3v) is 3.78. The summed E-state index contributed by atoms with van der Waals surface area (Å²) < 4.78 is 0. The zero-order chi connectivity index (χ0) is 14.9. The number of hydrogen-bond donors (Lipinski definition) is 1. The van der Waals surface area contributed by atoms with Crippen molar-refractivity contribution in [1.82, 2.24) is 0 Å². The van der Waals surface area contributed by atoms with Gasteiger partial charge >= 0.3 is 0 Å². The highest BCUT2D eigenvalue weighted by Gasteiger charge is 2.37. The summed E-state index contributed by atoms with van der Waals surface area (Å²) >= 11 is 0. The van der Waals surface area contributed by atoms with Gasteiger partial charge in [0.25, 0.3) is 0 Å². The van der Waals surface area contributed by atoms with E-state index in [2.05, 4.69) is 0 Å². The third-order valence-electron chi connectivity index (χ3n) is 3.78. The van der Waals surface area contributed by atoms with Gasteiger partial charge in [0.05, 0.1) is 5.92 Å². The molecule has 0 heterocycles. The van der Waals surface area contributed by atoms with Crippen molar-refractivity contribution in [3.8, 4) is 0 Å². The largest absolute Gasteiger partial charge is 0.512 e. The van der Waals surface area contributed by atoms with Crippen LogP contribution in [0, 0.1) is 11.3 Å². The molecule has 3 heteroatoms. The molecule has 1 atom stereocenters. The highest BCUT2D eigenvalue weighted by atomic mass is 16.3. The third kappa shape index (κ3) is 2.82. The van der Waals surface area contributed by atoms with Crippen LogP contribution in [0.3, 0.4) is 0 Å². The lowest BCUT2D eigenvalue weighted by molar-refractivity contribution is -0.119. The molecule has 1 aliphatic rings. The van der Waals surface area contributed by atoms with Gasteiger partial charge in [0.1, 0.15) is 5.76 Å². The van der Waals surface area contributed by atoms with Crippen LogP contribution < -0.4 is 0 Å². The van der Waals surface area contributed by atoms with Crippen LogP contribution in [0.4, 0.5) is 0 Å². The van der Waals surface area contributed by atoms with Gasteiger partial charge in [0, 0.05) is 24.0 Å². The van der Waals surface area contributed by atoms with E-state index in [1.165, 1.54) is 0 Å². The predicted molar refractivity (Wildman–Crippen MR) is 77.6 cm³/mol. The normalized spacial score (nSPS) is 19.9. The van der Waals surface area contributed by atoms with Crippen molar-refractivity contribution in [2.45, 2.75) is 33.6 Å². The van der Waals surface area contributed by atoms with E-state index < -0.39 is 5.92 Å². The molecule has 2 rings (SSSR count). The topological polar surface area (TPSA) is 54.4 Å². The van der Waals surface area contributed by atoms with Crippen molar-refractivity contribution in [3.63, 3.8) is 0 Å². The summed E-state index contributed by atoms with van der Waals surface area (Å²) in [6.45, 7) is 5.58. The molecule has 0 aliphatic heterocycles. The van der Waals surface area contributed by atoms with Gasteiger partial charge in [0.15, 0.2) is 11.6 Å². The Morgan fingerprint density at radius 2 is 1.80 bits per heavy atom. The first-order chi connectivity index (χ1) is 9.32. The summed E-state index contributed by atoms with van der Waals surface area (Å²) in [4.78, 5) is 24.6. The number of rotatable bonds is 3. The number of ketones is 2. The van der Waals surface area contributed by atoms with E-state index in [0.717, 1.165) is 0 Å². The fourth-order valence-electron chi connectivity index (χ4n) is 2.78. The molecule has 3 nitrogen and oxygen atoms in total. The standard InChI is InChI=1S/C17H20O3/c1-11(16(20)12-7-5-4-6-8-12)15-13(18)9-17(2,3)10-14(15)19/h4-8,11,18H,9-10H2,1-3H3/t11-/m1/s1. The summed E-state index contributed by atoms with van der Waals surface area (Å²) in [5.41, 5.74) is 0.622. The maximum atomic E-state index is 12.4. The van der Waals surface area contributed by atoms with Crippen LogP contribution in [0.25, 0.3) is 0 Å². The summed E-state index contributed by atoms with van der Waals surface area (Å²) in [6.07, 6.45) is 0.819. The average Bonchev–Trinajstić information content (AvgIpc) is 2.36. The highest BCUT2D eigenvalue weighted by molar-refractivity contribution is 6.08. The molecule has 1 aromatic rings. The smallest absolute Gasteiger partial charge is 0.170 e. The molecule has 0 saturated heterocycles. The van der Waals surface area contributed by atoms with E-state index in [9.17, 15) is 14.7 Å². The molecule has 0 amide bonds. The van der Waals surface area contributed by atoms with Crippen molar-refractivity contribution in [2.75, 3.05) is 0 Å². The molecule has 0 unspecified atom stereocenters. The van der Waals surface area contributed by atoms with E-state index in [0.29, 0.717) is 18.4 Å². The van der Waals surface area contributed by atoms with Crippen molar-refractivity contribution in [3.05, 3.63) is 47.2 Å². The molecule has 20 heavy (non-hydrogen) atoms. The second kappa shape index (κ2) is 5.23. The first-order valence-corrected chi connectivity index (χ1v) is 6.86. The minimum absolute atomic E-state index is 0.0723. The Hall–Kier alpha value is -1.90. The quantitative estimate of drug-likeness (QED) is 0.853. The summed E-state index contributed by atoms with van der Waals surface area (Å²) in [6, 6.07) is 8.88. The van der Waals surface area contributed by atoms with Gasteiger partial charge in [0.2, 0.25) is 0 Å². The predicted octanol–water partition coefficient (Wildman–Crippen LogP) is 3.71. The molecular formula is C17H20O3. The van der Waals surface area contributed by atoms with E-state index >= 15 is 0 Å². The minimum Gasteiger partial charge on any atom is -0.512 e. The zero-order valence-electron chi connectivity index (χ0n) is 12.1. The number of carbonyl (C=O) groups is 2. The molecule has 0 aromatic heterocycles. The Bertz CT molecular complexity index is 567. The van der Waals surface area contributed by atoms with Crippen LogP contribution >= 0.6 is 0 Å². The zero-order valence-corrected chi connectivity index (χ0v) is 12.1. The maximum Gasteiger partial charge on any atom is 0.170 e. The van der Waals surface area contributed by atoms with Gasteiger partial charge in [-0.25, -0.2) is 0 Å². The molecule has 0 fully saturated rings. The number of hydrogen-bond acceptors (Lipinski definition) is 3. The van der Waals surface area contributed by atoms with Crippen molar-refractivity contribution >= 4 is 11.6 Å². The van der Waals surface area contributed by atoms with Crippen molar-refractivity contribution in [2.24, 2.45) is 11.3 Å². The average molecular weight is 272 g/mol. The number of Topliss-reactive ketones (excluding diaryl/α,β-unsaturated/α-hetero) is 2.